The van der Waals surface area contributed by atoms with E-state index in [4.69, 9.17) is 11.6 Å². The van der Waals surface area contributed by atoms with E-state index in [1.165, 1.54) is 23.1 Å². The minimum Gasteiger partial charge on any atom is -0.325 e. The molecule has 0 saturated heterocycles. The Kier molecular flexibility index (Phi) is 7.50. The normalized spacial score (nSPS) is 11.6. The zero-order valence-electron chi connectivity index (χ0n) is 17.7. The van der Waals surface area contributed by atoms with E-state index in [0.29, 0.717) is 21.3 Å². The van der Waals surface area contributed by atoms with Gasteiger partial charge in [-0.05, 0) is 59.8 Å². The Bertz CT molecular complexity index is 1260. The molecule has 0 saturated carbocycles. The highest BCUT2D eigenvalue weighted by molar-refractivity contribution is 8.00. The van der Waals surface area contributed by atoms with Gasteiger partial charge in [0.1, 0.15) is 5.25 Å². The molecule has 1 heterocycles. The van der Waals surface area contributed by atoms with Gasteiger partial charge in [0.2, 0.25) is 5.91 Å². The molecule has 0 spiro atoms. The van der Waals surface area contributed by atoms with Crippen molar-refractivity contribution in [2.45, 2.75) is 17.1 Å². The molecular weight excluding hydrogens is 472 g/mol. The molecule has 2 amide bonds. The van der Waals surface area contributed by atoms with Crippen LogP contribution in [0.2, 0.25) is 5.02 Å². The van der Waals surface area contributed by atoms with E-state index in [-0.39, 0.29) is 11.8 Å². The van der Waals surface area contributed by atoms with Gasteiger partial charge in [0.15, 0.2) is 0 Å². The van der Waals surface area contributed by atoms with Crippen molar-refractivity contribution in [2.75, 3.05) is 10.6 Å². The number of nitrogens with one attached hydrogen (secondary N) is 2. The Morgan fingerprint density at radius 2 is 1.73 bits per heavy atom. The Morgan fingerprint density at radius 1 is 0.909 bits per heavy atom. The number of carbonyl (C=O) groups excluding carboxylic acids is 2. The first kappa shape index (κ1) is 23.1. The van der Waals surface area contributed by atoms with Gasteiger partial charge in [-0.25, -0.2) is 0 Å². The summed E-state index contributed by atoms with van der Waals surface area (Å²) in [6.07, 6.45) is 0. The molecule has 4 nitrogen and oxygen atoms in total. The Morgan fingerprint density at radius 3 is 2.48 bits per heavy atom. The number of benzene rings is 3. The smallest absolute Gasteiger partial charge is 0.265 e. The van der Waals surface area contributed by atoms with Gasteiger partial charge in [0, 0.05) is 21.3 Å². The van der Waals surface area contributed by atoms with Crippen molar-refractivity contribution in [3.8, 4) is 0 Å². The first-order valence-electron chi connectivity index (χ1n) is 10.2. The zero-order chi connectivity index (χ0) is 23.2. The fraction of sp³-hybridized carbons (Fsp3) is 0.0769. The molecule has 0 aliphatic rings. The minimum absolute atomic E-state index is 0.149. The van der Waals surface area contributed by atoms with E-state index in [1.54, 1.807) is 18.2 Å². The maximum Gasteiger partial charge on any atom is 0.265 e. The first-order valence-corrected chi connectivity index (χ1v) is 12.4. The van der Waals surface area contributed by atoms with Gasteiger partial charge in [0.05, 0.1) is 4.88 Å². The molecule has 1 atom stereocenters. The van der Waals surface area contributed by atoms with Crippen LogP contribution in [0.1, 0.15) is 26.0 Å². The van der Waals surface area contributed by atoms with Gasteiger partial charge >= 0.3 is 0 Å². The van der Waals surface area contributed by atoms with E-state index < -0.39 is 5.25 Å². The summed E-state index contributed by atoms with van der Waals surface area (Å²) in [6.45, 7) is 1.93. The number of hydrogen-bond acceptors (Lipinski definition) is 4. The largest absolute Gasteiger partial charge is 0.325 e. The Balaban J connectivity index is 1.56. The maximum absolute atomic E-state index is 13.4. The lowest BCUT2D eigenvalue weighted by Crippen LogP contribution is -2.19. The van der Waals surface area contributed by atoms with E-state index in [0.717, 1.165) is 16.0 Å². The molecule has 0 radical (unpaired) electrons. The number of halogens is 1. The van der Waals surface area contributed by atoms with E-state index in [2.05, 4.69) is 10.6 Å². The predicted molar refractivity (Wildman–Crippen MR) is 139 cm³/mol. The topological polar surface area (TPSA) is 58.2 Å². The van der Waals surface area contributed by atoms with Gasteiger partial charge in [-0.2, -0.15) is 0 Å². The van der Waals surface area contributed by atoms with Crippen LogP contribution in [0, 0.1) is 6.92 Å². The third-order valence-corrected chi connectivity index (χ3v) is 7.24. The summed E-state index contributed by atoms with van der Waals surface area (Å²) >= 11 is 8.95. The number of rotatable bonds is 7. The monoisotopic (exact) mass is 492 g/mol. The first-order chi connectivity index (χ1) is 16.0. The summed E-state index contributed by atoms with van der Waals surface area (Å²) in [5.74, 6) is -0.300. The van der Waals surface area contributed by atoms with Crippen molar-refractivity contribution in [3.63, 3.8) is 0 Å². The second-order valence-electron chi connectivity index (χ2n) is 7.32. The van der Waals surface area contributed by atoms with E-state index in [1.807, 2.05) is 79.0 Å². The van der Waals surface area contributed by atoms with Crippen LogP contribution in [0.3, 0.4) is 0 Å². The van der Waals surface area contributed by atoms with Crippen LogP contribution in [0.4, 0.5) is 11.4 Å². The van der Waals surface area contributed by atoms with Crippen LogP contribution in [0.5, 0.6) is 0 Å². The van der Waals surface area contributed by atoms with Crippen molar-refractivity contribution in [3.05, 3.63) is 111 Å². The minimum atomic E-state index is -0.493. The van der Waals surface area contributed by atoms with Gasteiger partial charge in [-0.3, -0.25) is 9.59 Å². The molecule has 2 N–H and O–H groups in total. The summed E-state index contributed by atoms with van der Waals surface area (Å²) in [5, 5.41) is 7.88. The molecule has 7 heteroatoms. The molecule has 0 aliphatic carbocycles. The molecule has 4 aromatic rings. The van der Waals surface area contributed by atoms with Gasteiger partial charge in [-0.1, -0.05) is 60.1 Å². The molecule has 33 heavy (non-hydrogen) atoms. The van der Waals surface area contributed by atoms with E-state index >= 15 is 0 Å². The molecular formula is C26H21ClN2O2S2. The maximum atomic E-state index is 13.4. The van der Waals surface area contributed by atoms with Crippen molar-refractivity contribution in [1.29, 1.82) is 0 Å². The second-order valence-corrected chi connectivity index (χ2v) is 9.88. The second kappa shape index (κ2) is 10.7. The van der Waals surface area contributed by atoms with Crippen molar-refractivity contribution < 1.29 is 9.59 Å². The summed E-state index contributed by atoms with van der Waals surface area (Å²) in [4.78, 5) is 27.3. The van der Waals surface area contributed by atoms with Gasteiger partial charge in [0.25, 0.3) is 5.91 Å². The Hall–Kier alpha value is -3.06. The summed E-state index contributed by atoms with van der Waals surface area (Å²) in [7, 11) is 0. The van der Waals surface area contributed by atoms with Crippen LogP contribution in [-0.4, -0.2) is 11.8 Å². The number of anilines is 2. The highest BCUT2D eigenvalue weighted by atomic mass is 35.5. The van der Waals surface area contributed by atoms with Crippen LogP contribution >= 0.6 is 34.7 Å². The van der Waals surface area contributed by atoms with Gasteiger partial charge in [-0.15, -0.1) is 23.1 Å². The van der Waals surface area contributed by atoms with Crippen molar-refractivity contribution in [2.24, 2.45) is 0 Å². The Labute approximate surface area is 206 Å². The predicted octanol–water partition coefficient (Wildman–Crippen LogP) is 7.43. The van der Waals surface area contributed by atoms with Crippen LogP contribution in [-0.2, 0) is 4.79 Å². The van der Waals surface area contributed by atoms with Gasteiger partial charge < -0.3 is 10.6 Å². The molecule has 4 rings (SSSR count). The zero-order valence-corrected chi connectivity index (χ0v) is 20.1. The molecule has 166 valence electrons. The lowest BCUT2D eigenvalue weighted by molar-refractivity contribution is -0.115. The average Bonchev–Trinajstić information content (AvgIpc) is 3.36. The SMILES string of the molecule is Cc1ccc(Cl)cc1NC(=O)C(Sc1cccc(NC(=O)c2cccs2)c1)c1ccccc1. The molecule has 3 aromatic carbocycles. The number of aryl methyl sites for hydroxylation is 1. The van der Waals surface area contributed by atoms with Crippen molar-refractivity contribution in [1.82, 2.24) is 0 Å². The number of hydrogen-bond donors (Lipinski definition) is 2. The summed E-state index contributed by atoms with van der Waals surface area (Å²) < 4.78 is 0. The molecule has 0 aliphatic heterocycles. The number of amides is 2. The molecule has 0 fully saturated rings. The van der Waals surface area contributed by atoms with Crippen LogP contribution < -0.4 is 10.6 Å². The third kappa shape index (κ3) is 6.05. The highest BCUT2D eigenvalue weighted by Gasteiger charge is 2.23. The average molecular weight is 493 g/mol. The lowest BCUT2D eigenvalue weighted by Gasteiger charge is -2.18. The van der Waals surface area contributed by atoms with Crippen molar-refractivity contribution >= 4 is 57.9 Å². The fourth-order valence-corrected chi connectivity index (χ4v) is 5.09. The number of carbonyl (C=O) groups is 2. The standard InChI is InChI=1S/C26H21ClN2O2S2/c1-17-12-13-19(27)15-22(17)29-26(31)24(18-7-3-2-4-8-18)33-21-10-5-9-20(16-21)28-25(30)23-11-6-14-32-23/h2-16,24H,1H3,(H,28,30)(H,29,31). The number of thioether (sulfide) groups is 1. The third-order valence-electron chi connectivity index (χ3n) is 4.89. The van der Waals surface area contributed by atoms with E-state index in [9.17, 15) is 9.59 Å². The highest BCUT2D eigenvalue weighted by Crippen LogP contribution is 2.37. The lowest BCUT2D eigenvalue weighted by atomic mass is 10.1. The number of thiophene rings is 1. The van der Waals surface area contributed by atoms with Crippen LogP contribution in [0.25, 0.3) is 0 Å². The summed E-state index contributed by atoms with van der Waals surface area (Å²) in [5.41, 5.74) is 3.18. The quantitative estimate of drug-likeness (QED) is 0.264. The molecule has 1 aromatic heterocycles. The molecule has 1 unspecified atom stereocenters. The fourth-order valence-electron chi connectivity index (χ4n) is 3.21. The van der Waals surface area contributed by atoms with Crippen LogP contribution in [0.15, 0.2) is 95.2 Å². The summed E-state index contributed by atoms with van der Waals surface area (Å²) in [6, 6.07) is 26.2. The molecule has 0 bridgehead atoms.